The molecule has 0 unspecified atom stereocenters. The van der Waals surface area contributed by atoms with Crippen LogP contribution in [0, 0.1) is 0 Å². The van der Waals surface area contributed by atoms with Gasteiger partial charge in [-0.1, -0.05) is 48.0 Å². The molecule has 0 radical (unpaired) electrons. The van der Waals surface area contributed by atoms with Gasteiger partial charge in [-0.15, -0.1) is 0 Å². The number of halogens is 1. The van der Waals surface area contributed by atoms with E-state index in [0.717, 1.165) is 32.8 Å². The minimum Gasteiger partial charge on any atom is -0.486 e. The van der Waals surface area contributed by atoms with Crippen molar-refractivity contribution in [1.82, 2.24) is 5.32 Å². The SMILES string of the molecule is O=C(CN(c1ccc2c(c1)OCCO2)S(=O)(=O)c1ccccc1)NCCCSCc1ccccc1Cl. The number of fused-ring (bicyclic) bond motifs is 1. The number of sulfonamides is 1. The van der Waals surface area contributed by atoms with Gasteiger partial charge in [-0.25, -0.2) is 8.42 Å². The Kier molecular flexibility index (Phi) is 9.01. The van der Waals surface area contributed by atoms with E-state index in [2.05, 4.69) is 5.32 Å². The molecule has 1 heterocycles. The van der Waals surface area contributed by atoms with Gasteiger partial charge in [0.1, 0.15) is 19.8 Å². The molecule has 1 amide bonds. The fraction of sp³-hybridized carbons (Fsp3) is 0.269. The molecule has 0 aliphatic carbocycles. The molecular formula is C26H27ClN2O5S2. The van der Waals surface area contributed by atoms with Crippen LogP contribution in [0.3, 0.4) is 0 Å². The number of ether oxygens (including phenoxy) is 2. The van der Waals surface area contributed by atoms with Crippen LogP contribution in [0.5, 0.6) is 11.5 Å². The van der Waals surface area contributed by atoms with E-state index >= 15 is 0 Å². The van der Waals surface area contributed by atoms with Crippen LogP contribution in [0.1, 0.15) is 12.0 Å². The number of anilines is 1. The highest BCUT2D eigenvalue weighted by atomic mass is 35.5. The lowest BCUT2D eigenvalue weighted by atomic mass is 10.2. The topological polar surface area (TPSA) is 84.9 Å². The van der Waals surface area contributed by atoms with Crippen molar-refractivity contribution in [3.63, 3.8) is 0 Å². The van der Waals surface area contributed by atoms with Gasteiger partial charge in [0.15, 0.2) is 11.5 Å². The van der Waals surface area contributed by atoms with Crippen LogP contribution < -0.4 is 19.1 Å². The molecule has 0 fully saturated rings. The minimum atomic E-state index is -3.99. The van der Waals surface area contributed by atoms with Crippen LogP contribution in [-0.4, -0.2) is 46.4 Å². The van der Waals surface area contributed by atoms with Gasteiger partial charge in [0.2, 0.25) is 5.91 Å². The summed E-state index contributed by atoms with van der Waals surface area (Å²) < 4.78 is 39.2. The molecule has 0 aromatic heterocycles. The number of amides is 1. The third kappa shape index (κ3) is 6.66. The van der Waals surface area contributed by atoms with E-state index in [1.165, 1.54) is 12.1 Å². The second kappa shape index (κ2) is 12.4. The molecule has 1 aliphatic rings. The van der Waals surface area contributed by atoms with Crippen LogP contribution >= 0.6 is 23.4 Å². The first-order chi connectivity index (χ1) is 17.4. The van der Waals surface area contributed by atoms with Crippen LogP contribution in [0.4, 0.5) is 5.69 Å². The molecule has 10 heteroatoms. The Bertz CT molecular complexity index is 1290. The zero-order valence-electron chi connectivity index (χ0n) is 19.6. The molecule has 1 N–H and O–H groups in total. The molecule has 1 aliphatic heterocycles. The van der Waals surface area contributed by atoms with Gasteiger partial charge in [-0.3, -0.25) is 9.10 Å². The zero-order chi connectivity index (χ0) is 25.4. The van der Waals surface area contributed by atoms with E-state index in [1.807, 2.05) is 24.3 Å². The van der Waals surface area contributed by atoms with Crippen LogP contribution in [0.2, 0.25) is 5.02 Å². The summed E-state index contributed by atoms with van der Waals surface area (Å²) in [5.74, 6) is 2.23. The van der Waals surface area contributed by atoms with Crippen molar-refractivity contribution in [2.24, 2.45) is 0 Å². The molecule has 0 bridgehead atoms. The van der Waals surface area contributed by atoms with E-state index in [4.69, 9.17) is 21.1 Å². The van der Waals surface area contributed by atoms with E-state index in [-0.39, 0.29) is 17.3 Å². The number of carbonyl (C=O) groups is 1. The molecule has 0 spiro atoms. The Morgan fingerprint density at radius 3 is 2.47 bits per heavy atom. The van der Waals surface area contributed by atoms with Crippen molar-refractivity contribution < 1.29 is 22.7 Å². The van der Waals surface area contributed by atoms with E-state index in [9.17, 15) is 13.2 Å². The summed E-state index contributed by atoms with van der Waals surface area (Å²) in [6.07, 6.45) is 0.746. The number of benzene rings is 3. The number of nitrogens with one attached hydrogen (secondary N) is 1. The van der Waals surface area contributed by atoms with Crippen molar-refractivity contribution >= 4 is 45.0 Å². The maximum Gasteiger partial charge on any atom is 0.264 e. The smallest absolute Gasteiger partial charge is 0.264 e. The predicted molar refractivity (Wildman–Crippen MR) is 144 cm³/mol. The quantitative estimate of drug-likeness (QED) is 0.349. The summed E-state index contributed by atoms with van der Waals surface area (Å²) in [6, 6.07) is 20.6. The average Bonchev–Trinajstić information content (AvgIpc) is 2.90. The molecule has 0 saturated carbocycles. The van der Waals surface area contributed by atoms with Gasteiger partial charge in [-0.2, -0.15) is 11.8 Å². The maximum absolute atomic E-state index is 13.5. The predicted octanol–water partition coefficient (Wildman–Crippen LogP) is 4.75. The molecule has 36 heavy (non-hydrogen) atoms. The minimum absolute atomic E-state index is 0.101. The number of hydrogen-bond acceptors (Lipinski definition) is 6. The average molecular weight is 547 g/mol. The van der Waals surface area contributed by atoms with Crippen LogP contribution in [-0.2, 0) is 20.6 Å². The van der Waals surface area contributed by atoms with Gasteiger partial charge in [0, 0.05) is 23.4 Å². The Morgan fingerprint density at radius 2 is 1.69 bits per heavy atom. The summed E-state index contributed by atoms with van der Waals surface area (Å²) in [5, 5.41) is 3.59. The lowest BCUT2D eigenvalue weighted by molar-refractivity contribution is -0.119. The highest BCUT2D eigenvalue weighted by molar-refractivity contribution is 7.98. The Hall–Kier alpha value is -2.88. The number of nitrogens with zero attached hydrogens (tertiary/aromatic N) is 1. The fourth-order valence-electron chi connectivity index (χ4n) is 3.61. The first-order valence-electron chi connectivity index (χ1n) is 11.5. The van der Waals surface area contributed by atoms with E-state index in [0.29, 0.717) is 36.9 Å². The van der Waals surface area contributed by atoms with Gasteiger partial charge in [0.25, 0.3) is 10.0 Å². The first kappa shape index (κ1) is 26.2. The molecule has 4 rings (SSSR count). The largest absolute Gasteiger partial charge is 0.486 e. The normalized spacial score (nSPS) is 12.7. The number of rotatable bonds is 11. The lowest BCUT2D eigenvalue weighted by Crippen LogP contribution is -2.41. The van der Waals surface area contributed by atoms with Crippen molar-refractivity contribution in [2.75, 3.05) is 36.4 Å². The molecule has 3 aromatic rings. The highest BCUT2D eigenvalue weighted by Gasteiger charge is 2.28. The van der Waals surface area contributed by atoms with Crippen molar-refractivity contribution in [1.29, 1.82) is 0 Å². The molecule has 190 valence electrons. The molecule has 0 saturated heterocycles. The van der Waals surface area contributed by atoms with Gasteiger partial charge in [0.05, 0.1) is 10.6 Å². The van der Waals surface area contributed by atoms with Gasteiger partial charge in [-0.05, 0) is 48.1 Å². The molecular weight excluding hydrogens is 520 g/mol. The highest BCUT2D eigenvalue weighted by Crippen LogP contribution is 2.35. The Morgan fingerprint density at radius 1 is 0.972 bits per heavy atom. The number of thioether (sulfide) groups is 1. The number of hydrogen-bond donors (Lipinski definition) is 1. The summed E-state index contributed by atoms with van der Waals surface area (Å²) >= 11 is 7.92. The van der Waals surface area contributed by atoms with Crippen molar-refractivity contribution in [3.8, 4) is 11.5 Å². The summed E-state index contributed by atoms with van der Waals surface area (Å²) in [4.78, 5) is 12.9. The monoisotopic (exact) mass is 546 g/mol. The fourth-order valence-corrected chi connectivity index (χ4v) is 6.29. The Labute approximate surface area is 220 Å². The third-order valence-electron chi connectivity index (χ3n) is 5.44. The van der Waals surface area contributed by atoms with Gasteiger partial charge < -0.3 is 14.8 Å². The lowest BCUT2D eigenvalue weighted by Gasteiger charge is -2.26. The second-order valence-electron chi connectivity index (χ2n) is 8.00. The summed E-state index contributed by atoms with van der Waals surface area (Å²) in [6.45, 7) is 0.882. The van der Waals surface area contributed by atoms with E-state index in [1.54, 1.807) is 48.2 Å². The van der Waals surface area contributed by atoms with E-state index < -0.39 is 10.0 Å². The molecule has 3 aromatic carbocycles. The molecule has 7 nitrogen and oxygen atoms in total. The molecule has 0 atom stereocenters. The van der Waals surface area contributed by atoms with Crippen LogP contribution in [0.25, 0.3) is 0 Å². The zero-order valence-corrected chi connectivity index (χ0v) is 21.9. The number of carbonyl (C=O) groups excluding carboxylic acids is 1. The Balaban J connectivity index is 1.38. The second-order valence-corrected chi connectivity index (χ2v) is 11.4. The van der Waals surface area contributed by atoms with Crippen molar-refractivity contribution in [3.05, 3.63) is 83.4 Å². The van der Waals surface area contributed by atoms with Gasteiger partial charge >= 0.3 is 0 Å². The van der Waals surface area contributed by atoms with Crippen molar-refractivity contribution in [2.45, 2.75) is 17.1 Å². The first-order valence-corrected chi connectivity index (χ1v) is 14.5. The third-order valence-corrected chi connectivity index (χ3v) is 8.68. The summed E-state index contributed by atoms with van der Waals surface area (Å²) in [5.41, 5.74) is 1.41. The standard InChI is InChI=1S/C26H27ClN2O5S2/c27-23-10-5-4-7-20(23)19-35-16-6-13-28-26(30)18-29(36(31,32)22-8-2-1-3-9-22)21-11-12-24-25(17-21)34-15-14-33-24/h1-5,7-12,17H,6,13-16,18-19H2,(H,28,30). The summed E-state index contributed by atoms with van der Waals surface area (Å²) in [7, 11) is -3.99. The van der Waals surface area contributed by atoms with Crippen LogP contribution in [0.15, 0.2) is 77.7 Å². The maximum atomic E-state index is 13.5.